The minimum atomic E-state index is 0.122. The van der Waals surface area contributed by atoms with Crippen LogP contribution in [0.2, 0.25) is 0 Å². The first-order chi connectivity index (χ1) is 9.49. The van der Waals surface area contributed by atoms with E-state index in [0.717, 1.165) is 37.4 Å². The molecule has 2 rings (SSSR count). The lowest BCUT2D eigenvalue weighted by molar-refractivity contribution is 0.237. The van der Waals surface area contributed by atoms with Crippen molar-refractivity contribution in [2.75, 3.05) is 18.0 Å². The summed E-state index contributed by atoms with van der Waals surface area (Å²) in [6, 6.07) is 3.76. The van der Waals surface area contributed by atoms with E-state index in [1.165, 1.54) is 6.42 Å². The van der Waals surface area contributed by atoms with Crippen LogP contribution in [0, 0.1) is 12.3 Å². The van der Waals surface area contributed by atoms with Crippen molar-refractivity contribution in [3.05, 3.63) is 23.4 Å². The molecule has 0 spiro atoms. The molecule has 1 aromatic rings. The molecule has 0 radical (unpaired) electrons. The number of anilines is 1. The number of pyridine rings is 1. The van der Waals surface area contributed by atoms with Gasteiger partial charge in [-0.1, -0.05) is 25.4 Å². The van der Waals surface area contributed by atoms with Gasteiger partial charge in [-0.15, -0.1) is 0 Å². The summed E-state index contributed by atoms with van der Waals surface area (Å²) in [7, 11) is 0. The van der Waals surface area contributed by atoms with Crippen LogP contribution < -0.4 is 10.6 Å². The molecular formula is C15H24N4O. The van der Waals surface area contributed by atoms with Crippen molar-refractivity contribution in [1.29, 1.82) is 0 Å². The van der Waals surface area contributed by atoms with Crippen molar-refractivity contribution in [3.63, 3.8) is 0 Å². The Morgan fingerprint density at radius 2 is 2.10 bits per heavy atom. The van der Waals surface area contributed by atoms with E-state index in [4.69, 9.17) is 10.9 Å². The van der Waals surface area contributed by atoms with Crippen molar-refractivity contribution in [2.45, 2.75) is 40.0 Å². The summed E-state index contributed by atoms with van der Waals surface area (Å²) < 4.78 is 0. The van der Waals surface area contributed by atoms with Crippen LogP contribution in [-0.4, -0.2) is 29.1 Å². The highest BCUT2D eigenvalue weighted by Gasteiger charge is 2.30. The molecule has 0 aliphatic carbocycles. The molecule has 1 aliphatic heterocycles. The zero-order chi connectivity index (χ0) is 14.8. The molecule has 3 N–H and O–H groups in total. The third kappa shape index (κ3) is 2.86. The Balaban J connectivity index is 2.27. The largest absolute Gasteiger partial charge is 0.409 e. The minimum Gasteiger partial charge on any atom is -0.409 e. The lowest BCUT2D eigenvalue weighted by Gasteiger charge is -2.40. The van der Waals surface area contributed by atoms with Gasteiger partial charge in [0.1, 0.15) is 5.82 Å². The molecule has 0 amide bonds. The molecule has 0 atom stereocenters. The quantitative estimate of drug-likeness (QED) is 0.385. The molecule has 0 unspecified atom stereocenters. The second kappa shape index (κ2) is 5.69. The van der Waals surface area contributed by atoms with Crippen molar-refractivity contribution in [1.82, 2.24) is 4.98 Å². The van der Waals surface area contributed by atoms with E-state index in [0.29, 0.717) is 11.0 Å². The number of aryl methyl sites for hydroxylation is 1. The summed E-state index contributed by atoms with van der Waals surface area (Å²) in [6.07, 6.45) is 3.50. The smallest absolute Gasteiger partial charge is 0.173 e. The lowest BCUT2D eigenvalue weighted by Crippen LogP contribution is -2.40. The van der Waals surface area contributed by atoms with E-state index in [1.807, 2.05) is 19.1 Å². The third-order valence-corrected chi connectivity index (χ3v) is 4.52. The van der Waals surface area contributed by atoms with Crippen LogP contribution in [0.3, 0.4) is 0 Å². The zero-order valence-electron chi connectivity index (χ0n) is 12.6. The highest BCUT2D eigenvalue weighted by Crippen LogP contribution is 2.35. The molecule has 0 saturated carbocycles. The van der Waals surface area contributed by atoms with Gasteiger partial charge in [0.15, 0.2) is 5.84 Å². The van der Waals surface area contributed by atoms with E-state index < -0.39 is 0 Å². The predicted octanol–water partition coefficient (Wildman–Crippen LogP) is 2.50. The Morgan fingerprint density at radius 1 is 1.45 bits per heavy atom. The molecule has 5 heteroatoms. The zero-order valence-corrected chi connectivity index (χ0v) is 12.6. The van der Waals surface area contributed by atoms with Crippen LogP contribution in [0.15, 0.2) is 17.3 Å². The van der Waals surface area contributed by atoms with E-state index in [2.05, 4.69) is 28.9 Å². The maximum atomic E-state index is 8.92. The summed E-state index contributed by atoms with van der Waals surface area (Å²) in [5.41, 5.74) is 7.84. The number of nitrogens with zero attached hydrogens (tertiary/aromatic N) is 3. The summed E-state index contributed by atoms with van der Waals surface area (Å²) >= 11 is 0. The fraction of sp³-hybridized carbons (Fsp3) is 0.600. The number of piperidine rings is 1. The van der Waals surface area contributed by atoms with Gasteiger partial charge in [-0.2, -0.15) is 0 Å². The first-order valence-electron chi connectivity index (χ1n) is 7.19. The minimum absolute atomic E-state index is 0.122. The molecule has 2 heterocycles. The van der Waals surface area contributed by atoms with E-state index in [-0.39, 0.29) is 5.84 Å². The average molecular weight is 276 g/mol. The molecular weight excluding hydrogens is 252 g/mol. The van der Waals surface area contributed by atoms with Gasteiger partial charge in [0.2, 0.25) is 0 Å². The van der Waals surface area contributed by atoms with Crippen LogP contribution in [-0.2, 0) is 0 Å². The summed E-state index contributed by atoms with van der Waals surface area (Å²) in [6.45, 7) is 8.49. The maximum Gasteiger partial charge on any atom is 0.173 e. The molecule has 1 aromatic heterocycles. The fourth-order valence-corrected chi connectivity index (χ4v) is 2.65. The van der Waals surface area contributed by atoms with Gasteiger partial charge in [-0.05, 0) is 37.3 Å². The van der Waals surface area contributed by atoms with Crippen LogP contribution in [0.25, 0.3) is 0 Å². The molecule has 1 aliphatic rings. The Morgan fingerprint density at radius 3 is 2.65 bits per heavy atom. The molecule has 1 fully saturated rings. The molecule has 0 aromatic carbocycles. The van der Waals surface area contributed by atoms with Crippen molar-refractivity contribution >= 4 is 11.7 Å². The Bertz CT molecular complexity index is 505. The highest BCUT2D eigenvalue weighted by molar-refractivity contribution is 6.01. The van der Waals surface area contributed by atoms with Crippen LogP contribution >= 0.6 is 0 Å². The number of rotatable bonds is 3. The molecule has 5 nitrogen and oxygen atoms in total. The van der Waals surface area contributed by atoms with Gasteiger partial charge in [-0.25, -0.2) is 4.98 Å². The topological polar surface area (TPSA) is 74.7 Å². The highest BCUT2D eigenvalue weighted by atomic mass is 16.4. The average Bonchev–Trinajstić information content (AvgIpc) is 2.47. The number of amidine groups is 1. The Hall–Kier alpha value is -1.78. The second-order valence-corrected chi connectivity index (χ2v) is 5.96. The van der Waals surface area contributed by atoms with Crippen LogP contribution in [0.1, 0.15) is 44.4 Å². The Kier molecular flexibility index (Phi) is 4.16. The predicted molar refractivity (Wildman–Crippen MR) is 81.3 cm³/mol. The van der Waals surface area contributed by atoms with Crippen molar-refractivity contribution in [3.8, 4) is 0 Å². The summed E-state index contributed by atoms with van der Waals surface area (Å²) in [5.74, 6) is 0.953. The standard InChI is InChI=1S/C15H24N4O/c1-4-15(3)7-9-19(10-8-15)14-12(13(16)18-20)6-5-11(2)17-14/h5-6,20H,4,7-10H2,1-3H3,(H2,16,18). The van der Waals surface area contributed by atoms with Crippen LogP contribution in [0.5, 0.6) is 0 Å². The first-order valence-corrected chi connectivity index (χ1v) is 7.19. The number of oxime groups is 1. The van der Waals surface area contributed by atoms with E-state index in [9.17, 15) is 0 Å². The number of nitrogens with two attached hydrogens (primary N) is 1. The third-order valence-electron chi connectivity index (χ3n) is 4.52. The monoisotopic (exact) mass is 276 g/mol. The number of hydrogen-bond donors (Lipinski definition) is 2. The van der Waals surface area contributed by atoms with E-state index in [1.54, 1.807) is 0 Å². The second-order valence-electron chi connectivity index (χ2n) is 5.96. The SMILES string of the molecule is CCC1(C)CCN(c2nc(C)ccc2C(N)=NO)CC1. The first kappa shape index (κ1) is 14.6. The van der Waals surface area contributed by atoms with Crippen molar-refractivity contribution in [2.24, 2.45) is 16.3 Å². The van der Waals surface area contributed by atoms with Gasteiger partial charge in [0, 0.05) is 18.8 Å². The van der Waals surface area contributed by atoms with Crippen LogP contribution in [0.4, 0.5) is 5.82 Å². The number of hydrogen-bond acceptors (Lipinski definition) is 4. The van der Waals surface area contributed by atoms with Gasteiger partial charge < -0.3 is 15.8 Å². The Labute approximate surface area is 120 Å². The normalized spacial score (nSPS) is 19.1. The molecule has 110 valence electrons. The fourth-order valence-electron chi connectivity index (χ4n) is 2.65. The van der Waals surface area contributed by atoms with Crippen molar-refractivity contribution < 1.29 is 5.21 Å². The maximum absolute atomic E-state index is 8.92. The van der Waals surface area contributed by atoms with Gasteiger partial charge in [-0.3, -0.25) is 0 Å². The molecule has 1 saturated heterocycles. The molecule has 20 heavy (non-hydrogen) atoms. The summed E-state index contributed by atoms with van der Waals surface area (Å²) in [5, 5.41) is 12.0. The lowest BCUT2D eigenvalue weighted by atomic mass is 9.78. The van der Waals surface area contributed by atoms with Gasteiger partial charge in [0.25, 0.3) is 0 Å². The number of aromatic nitrogens is 1. The van der Waals surface area contributed by atoms with E-state index >= 15 is 0 Å². The summed E-state index contributed by atoms with van der Waals surface area (Å²) in [4.78, 5) is 6.84. The van der Waals surface area contributed by atoms with Gasteiger partial charge >= 0.3 is 0 Å². The molecule has 0 bridgehead atoms. The van der Waals surface area contributed by atoms with Gasteiger partial charge in [0.05, 0.1) is 5.56 Å².